The van der Waals surface area contributed by atoms with E-state index in [-0.39, 0.29) is 11.8 Å². The largest absolute Gasteiger partial charge is 0.369 e. The lowest BCUT2D eigenvalue weighted by molar-refractivity contribution is -0.123. The average molecular weight is 224 g/mol. The minimum absolute atomic E-state index is 0.0988. The van der Waals surface area contributed by atoms with Gasteiger partial charge >= 0.3 is 0 Å². The van der Waals surface area contributed by atoms with Crippen molar-refractivity contribution in [1.29, 1.82) is 0 Å². The number of rotatable bonds is 2. The van der Waals surface area contributed by atoms with Crippen molar-refractivity contribution in [2.45, 2.75) is 57.4 Å². The molecule has 0 aromatic carbocycles. The van der Waals surface area contributed by atoms with Gasteiger partial charge in [0.1, 0.15) is 0 Å². The van der Waals surface area contributed by atoms with Gasteiger partial charge in [0.05, 0.1) is 5.92 Å². The molecule has 0 aromatic heterocycles. The van der Waals surface area contributed by atoms with Crippen molar-refractivity contribution in [3.05, 3.63) is 0 Å². The Balaban J connectivity index is 1.89. The van der Waals surface area contributed by atoms with Gasteiger partial charge in [-0.1, -0.05) is 25.7 Å². The van der Waals surface area contributed by atoms with Gasteiger partial charge in [0.15, 0.2) is 0 Å². The smallest absolute Gasteiger partial charge is 0.221 e. The number of carbonyl (C=O) groups excluding carboxylic acids is 1. The molecule has 2 rings (SSSR count). The molecule has 2 fully saturated rings. The van der Waals surface area contributed by atoms with Crippen molar-refractivity contribution in [2.24, 2.45) is 11.7 Å². The third kappa shape index (κ3) is 2.97. The van der Waals surface area contributed by atoms with Gasteiger partial charge in [0.25, 0.3) is 0 Å². The second-order valence-corrected chi connectivity index (χ2v) is 5.38. The van der Waals surface area contributed by atoms with Crippen molar-refractivity contribution in [1.82, 2.24) is 4.90 Å². The maximum atomic E-state index is 11.2. The van der Waals surface area contributed by atoms with Gasteiger partial charge in [-0.2, -0.15) is 0 Å². The summed E-state index contributed by atoms with van der Waals surface area (Å²) in [4.78, 5) is 13.8. The van der Waals surface area contributed by atoms with Gasteiger partial charge < -0.3 is 5.73 Å². The number of carbonyl (C=O) groups is 1. The number of hydrogen-bond acceptors (Lipinski definition) is 2. The first-order valence-electron chi connectivity index (χ1n) is 6.81. The molecule has 1 saturated heterocycles. The Labute approximate surface area is 98.4 Å². The molecule has 2 N–H and O–H groups in total. The van der Waals surface area contributed by atoms with Crippen LogP contribution in [0.25, 0.3) is 0 Å². The van der Waals surface area contributed by atoms with Crippen molar-refractivity contribution in [2.75, 3.05) is 13.1 Å². The highest BCUT2D eigenvalue weighted by molar-refractivity contribution is 5.76. The maximum Gasteiger partial charge on any atom is 0.221 e. The van der Waals surface area contributed by atoms with E-state index in [4.69, 9.17) is 5.73 Å². The van der Waals surface area contributed by atoms with E-state index in [1.807, 2.05) is 0 Å². The third-order valence-corrected chi connectivity index (χ3v) is 4.20. The summed E-state index contributed by atoms with van der Waals surface area (Å²) in [6, 6.07) is 0.727. The fraction of sp³-hybridized carbons (Fsp3) is 0.923. The summed E-state index contributed by atoms with van der Waals surface area (Å²) in [5.74, 6) is 0.00956. The average Bonchev–Trinajstić information content (AvgIpc) is 2.57. The van der Waals surface area contributed by atoms with Crippen LogP contribution in [0.5, 0.6) is 0 Å². The number of primary amides is 1. The summed E-state index contributed by atoms with van der Waals surface area (Å²) in [6.45, 7) is 2.09. The summed E-state index contributed by atoms with van der Waals surface area (Å²) in [7, 11) is 0. The molecule has 16 heavy (non-hydrogen) atoms. The Morgan fingerprint density at radius 1 is 1.00 bits per heavy atom. The SMILES string of the molecule is NC(=O)C1CCCN(C2CCCCCC2)C1. The van der Waals surface area contributed by atoms with E-state index in [1.165, 1.54) is 45.1 Å². The molecule has 1 heterocycles. The van der Waals surface area contributed by atoms with E-state index in [2.05, 4.69) is 4.90 Å². The van der Waals surface area contributed by atoms with Crippen LogP contribution in [0.2, 0.25) is 0 Å². The molecule has 3 heteroatoms. The minimum Gasteiger partial charge on any atom is -0.369 e. The molecule has 92 valence electrons. The van der Waals surface area contributed by atoms with Gasteiger partial charge in [0.2, 0.25) is 5.91 Å². The molecule has 1 aliphatic carbocycles. The summed E-state index contributed by atoms with van der Waals surface area (Å²) in [6.07, 6.45) is 10.3. The number of piperidine rings is 1. The topological polar surface area (TPSA) is 46.3 Å². The molecule has 0 radical (unpaired) electrons. The summed E-state index contributed by atoms with van der Waals surface area (Å²) >= 11 is 0. The van der Waals surface area contributed by atoms with Crippen molar-refractivity contribution in [3.8, 4) is 0 Å². The van der Waals surface area contributed by atoms with Gasteiger partial charge in [0, 0.05) is 12.6 Å². The van der Waals surface area contributed by atoms with Gasteiger partial charge in [-0.3, -0.25) is 9.69 Å². The Bertz CT molecular complexity index is 234. The van der Waals surface area contributed by atoms with E-state index in [0.29, 0.717) is 0 Å². The molecule has 3 nitrogen and oxygen atoms in total. The molecule has 1 unspecified atom stereocenters. The van der Waals surface area contributed by atoms with Crippen molar-refractivity contribution >= 4 is 5.91 Å². The predicted octanol–water partition coefficient (Wildman–Crippen LogP) is 1.91. The lowest BCUT2D eigenvalue weighted by Crippen LogP contribution is -2.46. The van der Waals surface area contributed by atoms with E-state index in [0.717, 1.165) is 25.4 Å². The van der Waals surface area contributed by atoms with Crippen LogP contribution >= 0.6 is 0 Å². The standard InChI is InChI=1S/C13H24N2O/c14-13(16)11-6-5-9-15(10-11)12-7-3-1-2-4-8-12/h11-12H,1-10H2,(H2,14,16). The highest BCUT2D eigenvalue weighted by Crippen LogP contribution is 2.26. The molecule has 0 spiro atoms. The fourth-order valence-electron chi connectivity index (χ4n) is 3.19. The third-order valence-electron chi connectivity index (χ3n) is 4.20. The summed E-state index contributed by atoms with van der Waals surface area (Å²) in [5.41, 5.74) is 5.42. The predicted molar refractivity (Wildman–Crippen MR) is 65.0 cm³/mol. The highest BCUT2D eigenvalue weighted by atomic mass is 16.1. The number of amides is 1. The van der Waals surface area contributed by atoms with Gasteiger partial charge in [-0.25, -0.2) is 0 Å². The van der Waals surface area contributed by atoms with E-state index in [1.54, 1.807) is 0 Å². The number of nitrogens with two attached hydrogens (primary N) is 1. The Hall–Kier alpha value is -0.570. The van der Waals surface area contributed by atoms with E-state index >= 15 is 0 Å². The molecular weight excluding hydrogens is 200 g/mol. The zero-order valence-electron chi connectivity index (χ0n) is 10.2. The first-order valence-corrected chi connectivity index (χ1v) is 6.81. The van der Waals surface area contributed by atoms with Crippen LogP contribution in [-0.4, -0.2) is 29.9 Å². The van der Waals surface area contributed by atoms with Crippen LogP contribution in [0.15, 0.2) is 0 Å². The van der Waals surface area contributed by atoms with Crippen LogP contribution in [0.1, 0.15) is 51.4 Å². The molecular formula is C13H24N2O. The first kappa shape index (κ1) is 11.9. The van der Waals surface area contributed by atoms with Crippen LogP contribution in [0.4, 0.5) is 0 Å². The molecule has 1 amide bonds. The Morgan fingerprint density at radius 3 is 2.31 bits per heavy atom. The normalized spacial score (nSPS) is 29.9. The molecule has 1 saturated carbocycles. The fourth-order valence-corrected chi connectivity index (χ4v) is 3.19. The zero-order valence-corrected chi connectivity index (χ0v) is 10.2. The second-order valence-electron chi connectivity index (χ2n) is 5.38. The molecule has 2 aliphatic rings. The number of nitrogens with zero attached hydrogens (tertiary/aromatic N) is 1. The molecule has 1 aliphatic heterocycles. The van der Waals surface area contributed by atoms with Crippen LogP contribution < -0.4 is 5.73 Å². The first-order chi connectivity index (χ1) is 7.77. The second kappa shape index (κ2) is 5.67. The Morgan fingerprint density at radius 2 is 1.69 bits per heavy atom. The van der Waals surface area contributed by atoms with Crippen LogP contribution in [-0.2, 0) is 4.79 Å². The number of hydrogen-bond donors (Lipinski definition) is 1. The van der Waals surface area contributed by atoms with Crippen LogP contribution in [0, 0.1) is 5.92 Å². The zero-order chi connectivity index (χ0) is 11.4. The van der Waals surface area contributed by atoms with Crippen molar-refractivity contribution in [3.63, 3.8) is 0 Å². The van der Waals surface area contributed by atoms with E-state index < -0.39 is 0 Å². The lowest BCUT2D eigenvalue weighted by atomic mass is 9.94. The van der Waals surface area contributed by atoms with Crippen molar-refractivity contribution < 1.29 is 4.79 Å². The highest BCUT2D eigenvalue weighted by Gasteiger charge is 2.28. The van der Waals surface area contributed by atoms with Gasteiger partial charge in [-0.15, -0.1) is 0 Å². The molecule has 0 aromatic rings. The number of likely N-dealkylation sites (tertiary alicyclic amines) is 1. The monoisotopic (exact) mass is 224 g/mol. The van der Waals surface area contributed by atoms with Gasteiger partial charge in [-0.05, 0) is 32.2 Å². The van der Waals surface area contributed by atoms with Crippen LogP contribution in [0.3, 0.4) is 0 Å². The molecule has 0 bridgehead atoms. The minimum atomic E-state index is -0.0988. The Kier molecular flexibility index (Phi) is 4.22. The summed E-state index contributed by atoms with van der Waals surface area (Å²) in [5, 5.41) is 0. The summed E-state index contributed by atoms with van der Waals surface area (Å²) < 4.78 is 0. The van der Waals surface area contributed by atoms with E-state index in [9.17, 15) is 4.79 Å². The lowest BCUT2D eigenvalue weighted by Gasteiger charge is -2.37. The molecule has 1 atom stereocenters. The maximum absolute atomic E-state index is 11.2. The quantitative estimate of drug-likeness (QED) is 0.728.